The van der Waals surface area contributed by atoms with Crippen LogP contribution in [0.15, 0.2) is 55.8 Å². The summed E-state index contributed by atoms with van der Waals surface area (Å²) in [4.78, 5) is 16.6. The molecule has 2 aromatic carbocycles. The molecule has 0 saturated heterocycles. The van der Waals surface area contributed by atoms with Crippen molar-refractivity contribution in [3.05, 3.63) is 58.6 Å². The highest BCUT2D eigenvalue weighted by atomic mass is 79.9. The van der Waals surface area contributed by atoms with E-state index in [0.29, 0.717) is 28.3 Å². The SMILES string of the molecule is Cc1nc2cc(NC(=O)c3cc4ccc(Br)cc4o3)ccc2o1. The van der Waals surface area contributed by atoms with Gasteiger partial charge in [-0.15, -0.1) is 0 Å². The van der Waals surface area contributed by atoms with Gasteiger partial charge in [0.05, 0.1) is 0 Å². The Labute approximate surface area is 139 Å². The summed E-state index contributed by atoms with van der Waals surface area (Å²) in [5.74, 6) is 0.540. The summed E-state index contributed by atoms with van der Waals surface area (Å²) in [5.41, 5.74) is 2.69. The molecular formula is C17H11BrN2O3. The van der Waals surface area contributed by atoms with E-state index in [1.807, 2.05) is 18.2 Å². The van der Waals surface area contributed by atoms with Crippen molar-refractivity contribution in [2.45, 2.75) is 6.92 Å². The van der Waals surface area contributed by atoms with E-state index in [0.717, 1.165) is 9.86 Å². The number of nitrogens with zero attached hydrogens (tertiary/aromatic N) is 1. The molecule has 0 aliphatic heterocycles. The second-order valence-electron chi connectivity index (χ2n) is 5.16. The van der Waals surface area contributed by atoms with Gasteiger partial charge in [-0.3, -0.25) is 4.79 Å². The summed E-state index contributed by atoms with van der Waals surface area (Å²) in [6.45, 7) is 1.78. The maximum atomic E-state index is 12.3. The first-order valence-electron chi connectivity index (χ1n) is 6.96. The Hall–Kier alpha value is -2.60. The van der Waals surface area contributed by atoms with Crippen LogP contribution in [-0.4, -0.2) is 10.9 Å². The number of aryl methyl sites for hydroxylation is 1. The molecule has 2 heterocycles. The molecule has 0 fully saturated rings. The second-order valence-corrected chi connectivity index (χ2v) is 6.08. The van der Waals surface area contributed by atoms with Crippen LogP contribution in [0.5, 0.6) is 0 Å². The lowest BCUT2D eigenvalue weighted by atomic mass is 10.2. The number of carbonyl (C=O) groups is 1. The number of aromatic nitrogens is 1. The molecule has 0 atom stereocenters. The Bertz CT molecular complexity index is 1050. The van der Waals surface area contributed by atoms with Gasteiger partial charge in [0, 0.05) is 22.5 Å². The predicted octanol–water partition coefficient (Wildman–Crippen LogP) is 4.90. The Kier molecular flexibility index (Phi) is 3.20. The third kappa shape index (κ3) is 2.61. The molecule has 23 heavy (non-hydrogen) atoms. The van der Waals surface area contributed by atoms with Gasteiger partial charge in [0.25, 0.3) is 5.91 Å². The monoisotopic (exact) mass is 370 g/mol. The zero-order chi connectivity index (χ0) is 16.0. The number of benzene rings is 2. The van der Waals surface area contributed by atoms with Crippen LogP contribution in [0.2, 0.25) is 0 Å². The first kappa shape index (κ1) is 14.0. The Morgan fingerprint density at radius 1 is 1.09 bits per heavy atom. The molecule has 0 bridgehead atoms. The highest BCUT2D eigenvalue weighted by molar-refractivity contribution is 9.10. The summed E-state index contributed by atoms with van der Waals surface area (Å²) in [6.07, 6.45) is 0. The van der Waals surface area contributed by atoms with Gasteiger partial charge >= 0.3 is 0 Å². The van der Waals surface area contributed by atoms with Gasteiger partial charge in [-0.05, 0) is 42.5 Å². The van der Waals surface area contributed by atoms with Gasteiger partial charge in [0.2, 0.25) is 0 Å². The predicted molar refractivity (Wildman–Crippen MR) is 90.6 cm³/mol. The Morgan fingerprint density at radius 3 is 2.83 bits per heavy atom. The van der Waals surface area contributed by atoms with Crippen LogP contribution >= 0.6 is 15.9 Å². The van der Waals surface area contributed by atoms with Crippen LogP contribution in [0.4, 0.5) is 5.69 Å². The fourth-order valence-corrected chi connectivity index (χ4v) is 2.77. The van der Waals surface area contributed by atoms with E-state index in [1.54, 1.807) is 31.2 Å². The van der Waals surface area contributed by atoms with E-state index in [-0.39, 0.29) is 11.7 Å². The molecule has 2 aromatic heterocycles. The number of hydrogen-bond acceptors (Lipinski definition) is 4. The number of carbonyl (C=O) groups excluding carboxylic acids is 1. The molecular weight excluding hydrogens is 360 g/mol. The Balaban J connectivity index is 1.64. The molecule has 1 N–H and O–H groups in total. The van der Waals surface area contributed by atoms with Crippen LogP contribution in [0, 0.1) is 6.92 Å². The highest BCUT2D eigenvalue weighted by Gasteiger charge is 2.13. The van der Waals surface area contributed by atoms with E-state index in [2.05, 4.69) is 26.2 Å². The van der Waals surface area contributed by atoms with Crippen LogP contribution in [0.25, 0.3) is 22.1 Å². The van der Waals surface area contributed by atoms with Crippen molar-refractivity contribution < 1.29 is 13.6 Å². The number of furan rings is 1. The average Bonchev–Trinajstić information content (AvgIpc) is 3.08. The Morgan fingerprint density at radius 2 is 1.96 bits per heavy atom. The quantitative estimate of drug-likeness (QED) is 0.544. The fraction of sp³-hybridized carbons (Fsp3) is 0.0588. The van der Waals surface area contributed by atoms with Crippen LogP contribution < -0.4 is 5.32 Å². The van der Waals surface area contributed by atoms with Gasteiger partial charge in [0.1, 0.15) is 11.1 Å². The van der Waals surface area contributed by atoms with Gasteiger partial charge in [-0.1, -0.05) is 15.9 Å². The second kappa shape index (κ2) is 5.24. The van der Waals surface area contributed by atoms with Gasteiger partial charge in [0.15, 0.2) is 17.2 Å². The van der Waals surface area contributed by atoms with Gasteiger partial charge < -0.3 is 14.2 Å². The third-order valence-corrected chi connectivity index (χ3v) is 3.95. The van der Waals surface area contributed by atoms with Gasteiger partial charge in [-0.25, -0.2) is 4.98 Å². The molecule has 5 nitrogen and oxygen atoms in total. The van der Waals surface area contributed by atoms with Crippen molar-refractivity contribution in [1.82, 2.24) is 4.98 Å². The number of rotatable bonds is 2. The lowest BCUT2D eigenvalue weighted by molar-refractivity contribution is 0.0998. The third-order valence-electron chi connectivity index (χ3n) is 3.46. The lowest BCUT2D eigenvalue weighted by Gasteiger charge is -2.02. The normalized spacial score (nSPS) is 11.2. The number of fused-ring (bicyclic) bond motifs is 2. The van der Waals surface area contributed by atoms with E-state index >= 15 is 0 Å². The highest BCUT2D eigenvalue weighted by Crippen LogP contribution is 2.25. The molecule has 0 unspecified atom stereocenters. The van der Waals surface area contributed by atoms with Crippen molar-refractivity contribution in [1.29, 1.82) is 0 Å². The molecule has 1 amide bonds. The van der Waals surface area contributed by atoms with Crippen LogP contribution in [0.3, 0.4) is 0 Å². The van der Waals surface area contributed by atoms with Crippen LogP contribution in [-0.2, 0) is 0 Å². The molecule has 0 aliphatic rings. The van der Waals surface area contributed by atoms with Gasteiger partial charge in [-0.2, -0.15) is 0 Å². The summed E-state index contributed by atoms with van der Waals surface area (Å²) < 4.78 is 11.9. The number of halogens is 1. The van der Waals surface area contributed by atoms with Crippen molar-refractivity contribution in [2.75, 3.05) is 5.32 Å². The molecule has 0 aliphatic carbocycles. The summed E-state index contributed by atoms with van der Waals surface area (Å²) in [5, 5.41) is 3.68. The number of amides is 1. The van der Waals surface area contributed by atoms with Crippen molar-refractivity contribution in [3.8, 4) is 0 Å². The minimum atomic E-state index is -0.308. The minimum absolute atomic E-state index is 0.259. The standard InChI is InChI=1S/C17H11BrN2O3/c1-9-19-13-8-12(4-5-14(13)22-9)20-17(21)16-6-10-2-3-11(18)7-15(10)23-16/h2-8H,1H3,(H,20,21). The zero-order valence-corrected chi connectivity index (χ0v) is 13.7. The van der Waals surface area contributed by atoms with E-state index < -0.39 is 0 Å². The van der Waals surface area contributed by atoms with E-state index in [1.165, 1.54) is 0 Å². The maximum Gasteiger partial charge on any atom is 0.291 e. The number of anilines is 1. The molecule has 6 heteroatoms. The minimum Gasteiger partial charge on any atom is -0.451 e. The molecule has 4 rings (SSSR count). The molecule has 4 aromatic rings. The summed E-state index contributed by atoms with van der Waals surface area (Å²) in [7, 11) is 0. The maximum absolute atomic E-state index is 12.3. The molecule has 0 saturated carbocycles. The summed E-state index contributed by atoms with van der Waals surface area (Å²) in [6, 6.07) is 12.7. The van der Waals surface area contributed by atoms with E-state index in [9.17, 15) is 4.79 Å². The summed E-state index contributed by atoms with van der Waals surface area (Å²) >= 11 is 3.38. The number of nitrogens with one attached hydrogen (secondary N) is 1. The van der Waals surface area contributed by atoms with Crippen LogP contribution in [0.1, 0.15) is 16.4 Å². The first-order valence-corrected chi connectivity index (χ1v) is 7.75. The zero-order valence-electron chi connectivity index (χ0n) is 12.1. The fourth-order valence-electron chi connectivity index (χ4n) is 2.43. The molecule has 0 spiro atoms. The van der Waals surface area contributed by atoms with Crippen molar-refractivity contribution in [3.63, 3.8) is 0 Å². The smallest absolute Gasteiger partial charge is 0.291 e. The van der Waals surface area contributed by atoms with Crippen molar-refractivity contribution >= 4 is 49.6 Å². The topological polar surface area (TPSA) is 68.3 Å². The molecule has 114 valence electrons. The first-order chi connectivity index (χ1) is 11.1. The lowest BCUT2D eigenvalue weighted by Crippen LogP contribution is -2.10. The number of oxazole rings is 1. The van der Waals surface area contributed by atoms with E-state index in [4.69, 9.17) is 8.83 Å². The number of hydrogen-bond donors (Lipinski definition) is 1. The van der Waals surface area contributed by atoms with Crippen molar-refractivity contribution in [2.24, 2.45) is 0 Å². The molecule has 0 radical (unpaired) electrons. The largest absolute Gasteiger partial charge is 0.451 e. The average molecular weight is 371 g/mol.